The smallest absolute Gasteiger partial charge is 0.303 e. The first-order chi connectivity index (χ1) is 8.54. The van der Waals surface area contributed by atoms with Crippen molar-refractivity contribution in [3.63, 3.8) is 0 Å². The van der Waals surface area contributed by atoms with Gasteiger partial charge in [-0.1, -0.05) is 0 Å². The summed E-state index contributed by atoms with van der Waals surface area (Å²) < 4.78 is 1.96. The van der Waals surface area contributed by atoms with Crippen molar-refractivity contribution in [2.45, 2.75) is 39.3 Å². The number of aromatic nitrogens is 2. The van der Waals surface area contributed by atoms with Gasteiger partial charge in [0.15, 0.2) is 0 Å². The van der Waals surface area contributed by atoms with E-state index in [4.69, 9.17) is 5.11 Å². The van der Waals surface area contributed by atoms with Gasteiger partial charge in [0, 0.05) is 37.3 Å². The highest BCUT2D eigenvalue weighted by atomic mass is 16.4. The van der Waals surface area contributed by atoms with E-state index in [-0.39, 0.29) is 0 Å². The van der Waals surface area contributed by atoms with Gasteiger partial charge >= 0.3 is 5.97 Å². The molecule has 2 heterocycles. The Morgan fingerprint density at radius 2 is 2.39 bits per heavy atom. The summed E-state index contributed by atoms with van der Waals surface area (Å²) in [6.07, 6.45) is 5.27. The van der Waals surface area contributed by atoms with Crippen LogP contribution in [-0.4, -0.2) is 38.8 Å². The third-order valence-corrected chi connectivity index (χ3v) is 3.42. The van der Waals surface area contributed by atoms with E-state index in [0.29, 0.717) is 18.4 Å². The van der Waals surface area contributed by atoms with Crippen LogP contribution in [0.15, 0.2) is 12.4 Å². The van der Waals surface area contributed by atoms with Crippen LogP contribution in [0.5, 0.6) is 0 Å². The fourth-order valence-electron chi connectivity index (χ4n) is 2.47. The molecule has 0 bridgehead atoms. The number of nitrogens with zero attached hydrogens (tertiary/aromatic N) is 3. The SMILES string of the molecule is CC(C)n1cc(CN2CCC(CC(=O)O)C2)cn1. The molecule has 100 valence electrons. The molecule has 0 amide bonds. The lowest BCUT2D eigenvalue weighted by Crippen LogP contribution is -2.20. The molecule has 1 aromatic heterocycles. The topological polar surface area (TPSA) is 58.4 Å². The van der Waals surface area contributed by atoms with Crippen molar-refractivity contribution in [3.8, 4) is 0 Å². The maximum Gasteiger partial charge on any atom is 0.303 e. The fourth-order valence-corrected chi connectivity index (χ4v) is 2.47. The summed E-state index contributed by atoms with van der Waals surface area (Å²) >= 11 is 0. The number of likely N-dealkylation sites (tertiary alicyclic amines) is 1. The Morgan fingerprint density at radius 1 is 1.61 bits per heavy atom. The highest BCUT2D eigenvalue weighted by molar-refractivity contribution is 5.67. The predicted octanol–water partition coefficient (Wildman–Crippen LogP) is 1.76. The summed E-state index contributed by atoms with van der Waals surface area (Å²) in [5.74, 6) is -0.378. The second-order valence-corrected chi connectivity index (χ2v) is 5.41. The van der Waals surface area contributed by atoms with Crippen molar-refractivity contribution in [3.05, 3.63) is 18.0 Å². The molecule has 0 spiro atoms. The Bertz CT molecular complexity index is 414. The molecule has 0 aliphatic carbocycles. The molecule has 1 aliphatic heterocycles. The predicted molar refractivity (Wildman–Crippen MR) is 68.2 cm³/mol. The number of carboxylic acids is 1. The monoisotopic (exact) mass is 251 g/mol. The Balaban J connectivity index is 1.85. The van der Waals surface area contributed by atoms with Gasteiger partial charge in [-0.25, -0.2) is 0 Å². The second kappa shape index (κ2) is 5.52. The molecule has 0 radical (unpaired) electrons. The lowest BCUT2D eigenvalue weighted by atomic mass is 10.1. The minimum atomic E-state index is -0.686. The number of rotatable bonds is 5. The molecular formula is C13H21N3O2. The minimum absolute atomic E-state index is 0.293. The number of carboxylic acid groups (broad SMARTS) is 1. The van der Waals surface area contributed by atoms with Crippen LogP contribution < -0.4 is 0 Å². The van der Waals surface area contributed by atoms with Gasteiger partial charge in [-0.2, -0.15) is 5.10 Å². The van der Waals surface area contributed by atoms with Gasteiger partial charge in [-0.05, 0) is 32.7 Å². The van der Waals surface area contributed by atoms with Crippen LogP contribution in [0.1, 0.15) is 38.3 Å². The van der Waals surface area contributed by atoms with Crippen molar-refractivity contribution in [1.82, 2.24) is 14.7 Å². The van der Waals surface area contributed by atoms with Crippen molar-refractivity contribution in [2.75, 3.05) is 13.1 Å². The summed E-state index contributed by atoms with van der Waals surface area (Å²) in [5.41, 5.74) is 1.21. The zero-order chi connectivity index (χ0) is 13.1. The molecule has 5 heteroatoms. The summed E-state index contributed by atoms with van der Waals surface area (Å²) in [4.78, 5) is 13.0. The van der Waals surface area contributed by atoms with Gasteiger partial charge in [0.05, 0.1) is 6.20 Å². The third kappa shape index (κ3) is 3.32. The van der Waals surface area contributed by atoms with Crippen LogP contribution in [0.4, 0.5) is 0 Å². The number of hydrogen-bond acceptors (Lipinski definition) is 3. The van der Waals surface area contributed by atoms with E-state index in [0.717, 1.165) is 26.1 Å². The maximum atomic E-state index is 10.7. The van der Waals surface area contributed by atoms with Gasteiger partial charge in [-0.15, -0.1) is 0 Å². The molecule has 1 N–H and O–H groups in total. The van der Waals surface area contributed by atoms with Crippen molar-refractivity contribution >= 4 is 5.97 Å². The number of aliphatic carboxylic acids is 1. The van der Waals surface area contributed by atoms with Gasteiger partial charge in [0.1, 0.15) is 0 Å². The van der Waals surface area contributed by atoms with E-state index in [9.17, 15) is 4.79 Å². The van der Waals surface area contributed by atoms with E-state index < -0.39 is 5.97 Å². The maximum absolute atomic E-state index is 10.7. The quantitative estimate of drug-likeness (QED) is 0.866. The molecule has 1 aromatic rings. The normalized spacial score (nSPS) is 20.7. The molecule has 18 heavy (non-hydrogen) atoms. The Hall–Kier alpha value is -1.36. The molecule has 2 rings (SSSR count). The highest BCUT2D eigenvalue weighted by Crippen LogP contribution is 2.21. The molecule has 5 nitrogen and oxygen atoms in total. The van der Waals surface area contributed by atoms with E-state index in [1.807, 2.05) is 10.9 Å². The van der Waals surface area contributed by atoms with E-state index >= 15 is 0 Å². The molecule has 0 saturated carbocycles. The minimum Gasteiger partial charge on any atom is -0.481 e. The first-order valence-corrected chi connectivity index (χ1v) is 6.51. The molecule has 0 aromatic carbocycles. The van der Waals surface area contributed by atoms with E-state index in [2.05, 4.69) is 30.0 Å². The molecular weight excluding hydrogens is 230 g/mol. The van der Waals surface area contributed by atoms with Crippen molar-refractivity contribution < 1.29 is 9.90 Å². The largest absolute Gasteiger partial charge is 0.481 e. The van der Waals surface area contributed by atoms with Gasteiger partial charge < -0.3 is 5.11 Å². The summed E-state index contributed by atoms with van der Waals surface area (Å²) in [7, 11) is 0. The van der Waals surface area contributed by atoms with Crippen LogP contribution in [-0.2, 0) is 11.3 Å². The van der Waals surface area contributed by atoms with Crippen LogP contribution >= 0.6 is 0 Å². The van der Waals surface area contributed by atoms with Crippen molar-refractivity contribution in [1.29, 1.82) is 0 Å². The van der Waals surface area contributed by atoms with E-state index in [1.54, 1.807) is 0 Å². The average Bonchev–Trinajstić information content (AvgIpc) is 2.88. The highest BCUT2D eigenvalue weighted by Gasteiger charge is 2.24. The number of carbonyl (C=O) groups is 1. The van der Waals surface area contributed by atoms with Crippen molar-refractivity contribution in [2.24, 2.45) is 5.92 Å². The Morgan fingerprint density at radius 3 is 3.00 bits per heavy atom. The molecule has 1 unspecified atom stereocenters. The number of hydrogen-bond donors (Lipinski definition) is 1. The van der Waals surface area contributed by atoms with Gasteiger partial charge in [0.25, 0.3) is 0 Å². The average molecular weight is 251 g/mol. The third-order valence-electron chi connectivity index (χ3n) is 3.42. The van der Waals surface area contributed by atoms with Crippen LogP contribution in [0, 0.1) is 5.92 Å². The molecule has 1 saturated heterocycles. The molecule has 1 aliphatic rings. The van der Waals surface area contributed by atoms with Crippen LogP contribution in [0.2, 0.25) is 0 Å². The van der Waals surface area contributed by atoms with Crippen LogP contribution in [0.25, 0.3) is 0 Å². The van der Waals surface area contributed by atoms with E-state index in [1.165, 1.54) is 5.56 Å². The van der Waals surface area contributed by atoms with Gasteiger partial charge in [0.2, 0.25) is 0 Å². The zero-order valence-electron chi connectivity index (χ0n) is 11.0. The summed E-state index contributed by atoms with van der Waals surface area (Å²) in [6, 6.07) is 0.386. The molecule has 1 atom stereocenters. The molecule has 1 fully saturated rings. The Kier molecular flexibility index (Phi) is 4.01. The fraction of sp³-hybridized carbons (Fsp3) is 0.692. The zero-order valence-corrected chi connectivity index (χ0v) is 11.0. The lowest BCUT2D eigenvalue weighted by Gasteiger charge is -2.14. The Labute approximate surface area is 107 Å². The first-order valence-electron chi connectivity index (χ1n) is 6.51. The summed E-state index contributed by atoms with van der Waals surface area (Å²) in [6.45, 7) is 6.97. The van der Waals surface area contributed by atoms with Gasteiger partial charge in [-0.3, -0.25) is 14.4 Å². The second-order valence-electron chi connectivity index (χ2n) is 5.41. The van der Waals surface area contributed by atoms with Crippen LogP contribution in [0.3, 0.4) is 0 Å². The standard InChI is InChI=1S/C13H21N3O2/c1-10(2)16-9-12(6-14-16)8-15-4-3-11(7-15)5-13(17)18/h6,9-11H,3-5,7-8H2,1-2H3,(H,17,18). The first kappa shape index (κ1) is 13.1. The summed E-state index contributed by atoms with van der Waals surface area (Å²) in [5, 5.41) is 13.1. The lowest BCUT2D eigenvalue weighted by molar-refractivity contribution is -0.138.